The van der Waals surface area contributed by atoms with E-state index in [4.69, 9.17) is 10.5 Å². The van der Waals surface area contributed by atoms with Crippen LogP contribution in [0.4, 0.5) is 5.69 Å². The van der Waals surface area contributed by atoms with E-state index >= 15 is 0 Å². The van der Waals surface area contributed by atoms with Crippen molar-refractivity contribution in [2.24, 2.45) is 5.73 Å². The first kappa shape index (κ1) is 12.0. The minimum absolute atomic E-state index is 0.681. The number of hydrogen-bond donors (Lipinski definition) is 1. The van der Waals surface area contributed by atoms with Crippen molar-refractivity contribution < 1.29 is 4.74 Å². The summed E-state index contributed by atoms with van der Waals surface area (Å²) >= 11 is 0. The first-order valence-corrected chi connectivity index (χ1v) is 6.20. The summed E-state index contributed by atoms with van der Waals surface area (Å²) in [6.45, 7) is 5.35. The number of nitrogens with two attached hydrogens (primary N) is 1. The van der Waals surface area contributed by atoms with Crippen LogP contribution in [0.5, 0.6) is 5.75 Å². The van der Waals surface area contributed by atoms with Gasteiger partial charge in [-0.3, -0.25) is 0 Å². The van der Waals surface area contributed by atoms with Crippen molar-refractivity contribution in [3.05, 3.63) is 35.9 Å². The third-order valence-corrected chi connectivity index (χ3v) is 3.07. The van der Waals surface area contributed by atoms with Gasteiger partial charge in [-0.05, 0) is 25.5 Å². The Labute approximate surface area is 103 Å². The van der Waals surface area contributed by atoms with Gasteiger partial charge in [-0.15, -0.1) is 0 Å². The molecule has 0 atom stereocenters. The number of benzene rings is 1. The van der Waals surface area contributed by atoms with E-state index in [1.165, 1.54) is 11.3 Å². The Hall–Kier alpha value is -1.48. The number of nitrogens with zero attached hydrogens (tertiary/aromatic N) is 1. The molecule has 0 amide bonds. The molecule has 0 saturated heterocycles. The van der Waals surface area contributed by atoms with E-state index in [1.807, 2.05) is 19.1 Å². The number of para-hydroxylation sites is 2. The van der Waals surface area contributed by atoms with Crippen LogP contribution < -0.4 is 15.4 Å². The van der Waals surface area contributed by atoms with Gasteiger partial charge >= 0.3 is 0 Å². The van der Waals surface area contributed by atoms with E-state index < -0.39 is 0 Å². The van der Waals surface area contributed by atoms with Gasteiger partial charge in [0.15, 0.2) is 0 Å². The molecular weight excluding hydrogens is 212 g/mol. The molecule has 17 heavy (non-hydrogen) atoms. The van der Waals surface area contributed by atoms with Crippen LogP contribution in [0.15, 0.2) is 35.9 Å². The summed E-state index contributed by atoms with van der Waals surface area (Å²) in [6.07, 6.45) is 3.28. The van der Waals surface area contributed by atoms with Gasteiger partial charge in [0.25, 0.3) is 0 Å². The lowest BCUT2D eigenvalue weighted by atomic mass is 10.1. The lowest BCUT2D eigenvalue weighted by Crippen LogP contribution is -2.30. The predicted molar refractivity (Wildman–Crippen MR) is 71.6 cm³/mol. The Bertz CT molecular complexity index is 401. The number of anilines is 1. The Balaban J connectivity index is 2.15. The second kappa shape index (κ2) is 5.73. The van der Waals surface area contributed by atoms with Crippen molar-refractivity contribution in [1.29, 1.82) is 0 Å². The summed E-state index contributed by atoms with van der Waals surface area (Å²) in [6, 6.07) is 8.22. The van der Waals surface area contributed by atoms with Crippen molar-refractivity contribution in [1.82, 2.24) is 0 Å². The maximum absolute atomic E-state index is 5.66. The van der Waals surface area contributed by atoms with Crippen LogP contribution in [-0.2, 0) is 0 Å². The molecule has 92 valence electrons. The van der Waals surface area contributed by atoms with E-state index in [2.05, 4.69) is 23.1 Å². The largest absolute Gasteiger partial charge is 0.492 e. The molecule has 0 aliphatic carbocycles. The molecule has 0 saturated carbocycles. The molecule has 1 heterocycles. The van der Waals surface area contributed by atoms with Gasteiger partial charge in [0.2, 0.25) is 0 Å². The average Bonchev–Trinajstić information content (AvgIpc) is 2.40. The maximum Gasteiger partial charge on any atom is 0.142 e. The topological polar surface area (TPSA) is 38.5 Å². The van der Waals surface area contributed by atoms with Gasteiger partial charge in [-0.1, -0.05) is 23.8 Å². The lowest BCUT2D eigenvalue weighted by Gasteiger charge is -2.29. The third kappa shape index (κ3) is 2.80. The average molecular weight is 232 g/mol. The van der Waals surface area contributed by atoms with Crippen molar-refractivity contribution >= 4 is 5.69 Å². The SMILES string of the molecule is CCOc1ccccc1N1CC=C(CN)CC1. The van der Waals surface area contributed by atoms with Crippen LogP contribution in [0.3, 0.4) is 0 Å². The minimum Gasteiger partial charge on any atom is -0.492 e. The van der Waals surface area contributed by atoms with Gasteiger partial charge in [0, 0.05) is 19.6 Å². The number of ether oxygens (including phenoxy) is 1. The van der Waals surface area contributed by atoms with Gasteiger partial charge in [-0.2, -0.15) is 0 Å². The van der Waals surface area contributed by atoms with Crippen molar-refractivity contribution in [2.45, 2.75) is 13.3 Å². The zero-order valence-electron chi connectivity index (χ0n) is 10.4. The maximum atomic E-state index is 5.66. The van der Waals surface area contributed by atoms with Crippen LogP contribution in [0.1, 0.15) is 13.3 Å². The van der Waals surface area contributed by atoms with Gasteiger partial charge in [0.05, 0.1) is 12.3 Å². The predicted octanol–water partition coefficient (Wildman–Crippen LogP) is 2.18. The van der Waals surface area contributed by atoms with Crippen LogP contribution in [0.2, 0.25) is 0 Å². The summed E-state index contributed by atoms with van der Waals surface area (Å²) in [4.78, 5) is 2.34. The highest BCUT2D eigenvalue weighted by Gasteiger charge is 2.14. The molecule has 1 aliphatic rings. The molecule has 0 fully saturated rings. The van der Waals surface area contributed by atoms with Crippen molar-refractivity contribution in [3.8, 4) is 5.75 Å². The molecular formula is C14H20N2O. The highest BCUT2D eigenvalue weighted by Crippen LogP contribution is 2.29. The van der Waals surface area contributed by atoms with Crippen LogP contribution in [-0.4, -0.2) is 26.2 Å². The summed E-state index contributed by atoms with van der Waals surface area (Å²) < 4.78 is 5.66. The van der Waals surface area contributed by atoms with Crippen LogP contribution in [0.25, 0.3) is 0 Å². The summed E-state index contributed by atoms with van der Waals surface area (Å²) in [5, 5.41) is 0. The summed E-state index contributed by atoms with van der Waals surface area (Å²) in [5.41, 5.74) is 8.19. The minimum atomic E-state index is 0.681. The molecule has 1 aromatic carbocycles. The van der Waals surface area contributed by atoms with E-state index in [9.17, 15) is 0 Å². The Kier molecular flexibility index (Phi) is 4.04. The zero-order chi connectivity index (χ0) is 12.1. The first-order chi connectivity index (χ1) is 8.35. The molecule has 2 rings (SSSR count). The molecule has 1 aromatic rings. The molecule has 3 nitrogen and oxygen atoms in total. The van der Waals surface area contributed by atoms with Crippen LogP contribution in [0, 0.1) is 0 Å². The fourth-order valence-corrected chi connectivity index (χ4v) is 2.11. The fourth-order valence-electron chi connectivity index (χ4n) is 2.11. The first-order valence-electron chi connectivity index (χ1n) is 6.20. The highest BCUT2D eigenvalue weighted by molar-refractivity contribution is 5.59. The Morgan fingerprint density at radius 3 is 2.82 bits per heavy atom. The van der Waals surface area contributed by atoms with E-state index in [0.29, 0.717) is 13.2 Å². The number of rotatable bonds is 4. The second-order valence-electron chi connectivity index (χ2n) is 4.16. The van der Waals surface area contributed by atoms with Crippen molar-refractivity contribution in [3.63, 3.8) is 0 Å². The molecule has 0 radical (unpaired) electrons. The monoisotopic (exact) mass is 232 g/mol. The standard InChI is InChI=1S/C14H20N2O/c1-2-17-14-6-4-3-5-13(14)16-9-7-12(11-15)8-10-16/h3-7H,2,8-11,15H2,1H3. The van der Waals surface area contributed by atoms with E-state index in [0.717, 1.165) is 25.3 Å². The normalized spacial score (nSPS) is 15.6. The molecule has 0 bridgehead atoms. The van der Waals surface area contributed by atoms with Gasteiger partial charge in [-0.25, -0.2) is 0 Å². The molecule has 1 aliphatic heterocycles. The molecule has 0 unspecified atom stereocenters. The van der Waals surface area contributed by atoms with Crippen molar-refractivity contribution in [2.75, 3.05) is 31.1 Å². The third-order valence-electron chi connectivity index (χ3n) is 3.07. The van der Waals surface area contributed by atoms with Crippen LogP contribution >= 0.6 is 0 Å². The Morgan fingerprint density at radius 1 is 1.35 bits per heavy atom. The Morgan fingerprint density at radius 2 is 2.18 bits per heavy atom. The van der Waals surface area contributed by atoms with Gasteiger partial charge in [0.1, 0.15) is 5.75 Å². The zero-order valence-corrected chi connectivity index (χ0v) is 10.4. The molecule has 3 heteroatoms. The highest BCUT2D eigenvalue weighted by atomic mass is 16.5. The smallest absolute Gasteiger partial charge is 0.142 e. The molecule has 2 N–H and O–H groups in total. The van der Waals surface area contributed by atoms with E-state index in [1.54, 1.807) is 0 Å². The lowest BCUT2D eigenvalue weighted by molar-refractivity contribution is 0.340. The molecule has 0 aromatic heterocycles. The summed E-state index contributed by atoms with van der Waals surface area (Å²) in [5.74, 6) is 0.972. The number of hydrogen-bond acceptors (Lipinski definition) is 3. The fraction of sp³-hybridized carbons (Fsp3) is 0.429. The summed E-state index contributed by atoms with van der Waals surface area (Å²) in [7, 11) is 0. The van der Waals surface area contributed by atoms with E-state index in [-0.39, 0.29) is 0 Å². The second-order valence-corrected chi connectivity index (χ2v) is 4.16. The quantitative estimate of drug-likeness (QED) is 0.809. The van der Waals surface area contributed by atoms with Gasteiger partial charge < -0.3 is 15.4 Å². The molecule has 0 spiro atoms.